The SMILES string of the molecule is COCc1ccc(C(NC(=O)CN2C(=O)CNC2=O)C(=O)Nc2ccc([Si](C)(C)C)c(F)c2)cc1. The van der Waals surface area contributed by atoms with Gasteiger partial charge in [0.05, 0.1) is 21.2 Å². The molecule has 0 spiro atoms. The highest BCUT2D eigenvalue weighted by atomic mass is 28.3. The third-order valence-electron chi connectivity index (χ3n) is 5.47. The van der Waals surface area contributed by atoms with Gasteiger partial charge in [0.1, 0.15) is 18.4 Å². The van der Waals surface area contributed by atoms with E-state index in [2.05, 4.69) is 16.0 Å². The summed E-state index contributed by atoms with van der Waals surface area (Å²) in [6.45, 7) is 5.72. The molecule has 35 heavy (non-hydrogen) atoms. The summed E-state index contributed by atoms with van der Waals surface area (Å²) in [5.41, 5.74) is 1.58. The number of hydrogen-bond donors (Lipinski definition) is 3. The lowest BCUT2D eigenvalue weighted by atomic mass is 10.0. The van der Waals surface area contributed by atoms with Crippen molar-refractivity contribution in [3.05, 3.63) is 59.4 Å². The molecule has 1 fully saturated rings. The van der Waals surface area contributed by atoms with E-state index in [0.29, 0.717) is 17.4 Å². The molecule has 2 aromatic rings. The third-order valence-corrected chi connectivity index (χ3v) is 7.50. The standard InChI is InChI=1S/C24H29FN4O5Si/c1-34-14-15-5-7-16(8-6-15)22(28-20(30)13-29-21(31)12-26-24(29)33)23(32)27-17-9-10-19(18(25)11-17)35(2,3)4/h5-11,22H,12-14H2,1-4H3,(H,26,33)(H,27,32)(H,28,30). The van der Waals surface area contributed by atoms with Crippen LogP contribution in [0.2, 0.25) is 19.6 Å². The number of imide groups is 1. The number of amides is 5. The molecule has 11 heteroatoms. The van der Waals surface area contributed by atoms with E-state index in [1.807, 2.05) is 19.6 Å². The number of ether oxygens (including phenoxy) is 1. The van der Waals surface area contributed by atoms with Crippen molar-refractivity contribution in [3.8, 4) is 0 Å². The van der Waals surface area contributed by atoms with Crippen molar-refractivity contribution in [2.24, 2.45) is 0 Å². The van der Waals surface area contributed by atoms with Crippen molar-refractivity contribution < 1.29 is 28.3 Å². The summed E-state index contributed by atoms with van der Waals surface area (Å²) in [6, 6.07) is 9.58. The molecule has 1 aliphatic heterocycles. The summed E-state index contributed by atoms with van der Waals surface area (Å²) in [6.07, 6.45) is 0. The highest BCUT2D eigenvalue weighted by Gasteiger charge is 2.32. The van der Waals surface area contributed by atoms with E-state index in [1.165, 1.54) is 6.07 Å². The first-order valence-electron chi connectivity index (χ1n) is 11.1. The highest BCUT2D eigenvalue weighted by molar-refractivity contribution is 6.88. The first kappa shape index (κ1) is 26.0. The maximum atomic E-state index is 14.7. The molecule has 0 saturated carbocycles. The lowest BCUT2D eigenvalue weighted by molar-refractivity contribution is -0.131. The number of rotatable bonds is 9. The van der Waals surface area contributed by atoms with Gasteiger partial charge < -0.3 is 20.7 Å². The number of carbonyl (C=O) groups excluding carboxylic acids is 4. The van der Waals surface area contributed by atoms with Crippen LogP contribution in [0.15, 0.2) is 42.5 Å². The highest BCUT2D eigenvalue weighted by Crippen LogP contribution is 2.19. The van der Waals surface area contributed by atoms with Gasteiger partial charge in [-0.15, -0.1) is 0 Å². The van der Waals surface area contributed by atoms with E-state index < -0.39 is 50.2 Å². The number of halogens is 1. The van der Waals surface area contributed by atoms with Crippen LogP contribution >= 0.6 is 0 Å². The van der Waals surface area contributed by atoms with Gasteiger partial charge in [0.15, 0.2) is 0 Å². The van der Waals surface area contributed by atoms with Crippen molar-refractivity contribution >= 4 is 42.7 Å². The number of carbonyl (C=O) groups is 4. The Kier molecular flexibility index (Phi) is 8.02. The zero-order valence-electron chi connectivity index (χ0n) is 20.1. The second kappa shape index (κ2) is 10.8. The first-order valence-corrected chi connectivity index (χ1v) is 14.6. The molecular formula is C24H29FN4O5Si. The normalized spacial score (nSPS) is 14.5. The van der Waals surface area contributed by atoms with E-state index in [9.17, 15) is 23.6 Å². The molecule has 1 unspecified atom stereocenters. The molecule has 186 valence electrons. The summed E-state index contributed by atoms with van der Waals surface area (Å²) in [5, 5.41) is 8.21. The fourth-order valence-corrected chi connectivity index (χ4v) is 5.03. The molecule has 1 saturated heterocycles. The molecule has 0 aliphatic carbocycles. The number of nitrogens with zero attached hydrogens (tertiary/aromatic N) is 1. The molecule has 3 rings (SSSR count). The van der Waals surface area contributed by atoms with E-state index >= 15 is 0 Å². The number of methoxy groups -OCH3 is 1. The molecule has 1 atom stereocenters. The van der Waals surface area contributed by atoms with Gasteiger partial charge >= 0.3 is 6.03 Å². The van der Waals surface area contributed by atoms with Gasteiger partial charge in [0, 0.05) is 12.8 Å². The van der Waals surface area contributed by atoms with Gasteiger partial charge in [-0.25, -0.2) is 9.18 Å². The zero-order valence-corrected chi connectivity index (χ0v) is 21.1. The second-order valence-corrected chi connectivity index (χ2v) is 14.3. The maximum Gasteiger partial charge on any atom is 0.325 e. The Balaban J connectivity index is 1.82. The average molecular weight is 501 g/mol. The van der Waals surface area contributed by atoms with E-state index in [4.69, 9.17) is 4.74 Å². The zero-order chi connectivity index (χ0) is 25.8. The summed E-state index contributed by atoms with van der Waals surface area (Å²) in [4.78, 5) is 50.2. The van der Waals surface area contributed by atoms with Crippen LogP contribution in [-0.4, -0.2) is 56.9 Å². The van der Waals surface area contributed by atoms with Crippen molar-refractivity contribution in [1.29, 1.82) is 0 Å². The summed E-state index contributed by atoms with van der Waals surface area (Å²) < 4.78 is 19.8. The first-order chi connectivity index (χ1) is 16.5. The van der Waals surface area contributed by atoms with Crippen molar-refractivity contribution in [2.75, 3.05) is 25.5 Å². The number of benzene rings is 2. The van der Waals surface area contributed by atoms with E-state index in [-0.39, 0.29) is 12.2 Å². The van der Waals surface area contributed by atoms with Gasteiger partial charge in [-0.3, -0.25) is 19.3 Å². The van der Waals surface area contributed by atoms with Crippen LogP contribution in [-0.2, 0) is 25.7 Å². The van der Waals surface area contributed by atoms with Gasteiger partial charge in [-0.2, -0.15) is 0 Å². The van der Waals surface area contributed by atoms with E-state index in [0.717, 1.165) is 10.5 Å². The van der Waals surface area contributed by atoms with Crippen LogP contribution < -0.4 is 21.1 Å². The van der Waals surface area contributed by atoms with Crippen molar-refractivity contribution in [2.45, 2.75) is 32.3 Å². The summed E-state index contributed by atoms with van der Waals surface area (Å²) >= 11 is 0. The lowest BCUT2D eigenvalue weighted by Gasteiger charge is -2.22. The fraction of sp³-hybridized carbons (Fsp3) is 0.333. The second-order valence-electron chi connectivity index (χ2n) is 9.25. The minimum Gasteiger partial charge on any atom is -0.380 e. The van der Waals surface area contributed by atoms with Gasteiger partial charge in [0.25, 0.3) is 11.8 Å². The number of urea groups is 1. The summed E-state index contributed by atoms with van der Waals surface area (Å²) in [7, 11) is -0.336. The Morgan fingerprint density at radius 3 is 2.37 bits per heavy atom. The smallest absolute Gasteiger partial charge is 0.325 e. The van der Waals surface area contributed by atoms with Crippen LogP contribution in [0, 0.1) is 5.82 Å². The predicted molar refractivity (Wildman–Crippen MR) is 131 cm³/mol. The van der Waals surface area contributed by atoms with Gasteiger partial charge in [-0.1, -0.05) is 50.0 Å². The number of anilines is 1. The number of hydrogen-bond acceptors (Lipinski definition) is 5. The summed E-state index contributed by atoms with van der Waals surface area (Å²) in [5.74, 6) is -2.23. The maximum absolute atomic E-state index is 14.7. The molecule has 3 N–H and O–H groups in total. The van der Waals surface area contributed by atoms with Gasteiger partial charge in [0.2, 0.25) is 5.91 Å². The van der Waals surface area contributed by atoms with E-state index in [1.54, 1.807) is 43.5 Å². The van der Waals surface area contributed by atoms with Crippen LogP contribution in [0.25, 0.3) is 0 Å². The fourth-order valence-electron chi connectivity index (χ4n) is 3.65. The molecule has 1 heterocycles. The van der Waals surface area contributed by atoms with Crippen LogP contribution in [0.3, 0.4) is 0 Å². The van der Waals surface area contributed by atoms with Gasteiger partial charge in [-0.05, 0) is 28.4 Å². The largest absolute Gasteiger partial charge is 0.380 e. The monoisotopic (exact) mass is 500 g/mol. The Labute approximate surface area is 204 Å². The van der Waals surface area contributed by atoms with Crippen LogP contribution in [0.5, 0.6) is 0 Å². The molecule has 9 nitrogen and oxygen atoms in total. The molecule has 0 radical (unpaired) electrons. The van der Waals surface area contributed by atoms with Crippen molar-refractivity contribution in [1.82, 2.24) is 15.5 Å². The Morgan fingerprint density at radius 2 is 1.83 bits per heavy atom. The molecule has 0 aromatic heterocycles. The molecular weight excluding hydrogens is 471 g/mol. The minimum atomic E-state index is -1.90. The molecule has 1 aliphatic rings. The minimum absolute atomic E-state index is 0.185. The Morgan fingerprint density at radius 1 is 1.14 bits per heavy atom. The Hall–Kier alpha value is -3.57. The molecule has 5 amide bonds. The molecule has 2 aromatic carbocycles. The Bertz CT molecular complexity index is 1120. The lowest BCUT2D eigenvalue weighted by Crippen LogP contribution is -2.44. The van der Waals surface area contributed by atoms with Crippen molar-refractivity contribution in [3.63, 3.8) is 0 Å². The topological polar surface area (TPSA) is 117 Å². The van der Waals surface area contributed by atoms with Crippen LogP contribution in [0.4, 0.5) is 14.9 Å². The quantitative estimate of drug-likeness (QED) is 0.359. The average Bonchev–Trinajstić information content (AvgIpc) is 3.09. The number of nitrogens with one attached hydrogen (secondary N) is 3. The predicted octanol–water partition coefficient (Wildman–Crippen LogP) is 1.87. The third kappa shape index (κ3) is 6.52. The van der Waals surface area contributed by atoms with Crippen LogP contribution in [0.1, 0.15) is 17.2 Å². The molecule has 0 bridgehead atoms.